The van der Waals surface area contributed by atoms with E-state index in [2.05, 4.69) is 0 Å². The van der Waals surface area contributed by atoms with Crippen LogP contribution in [0.2, 0.25) is 5.02 Å². The fraction of sp³-hybridized carbons (Fsp3) is 0.0400. The topological polar surface area (TPSA) is 69.7 Å². The van der Waals surface area contributed by atoms with E-state index in [4.69, 9.17) is 25.2 Å². The van der Waals surface area contributed by atoms with Crippen molar-refractivity contribution in [2.75, 3.05) is 0 Å². The molecule has 2 aromatic heterocycles. The summed E-state index contributed by atoms with van der Waals surface area (Å²) in [5.41, 5.74) is 2.19. The predicted octanol–water partition coefficient (Wildman–Crippen LogP) is 6.39. The van der Waals surface area contributed by atoms with E-state index in [0.717, 1.165) is 5.39 Å². The lowest BCUT2D eigenvalue weighted by Crippen LogP contribution is -2.09. The minimum absolute atomic E-state index is 0.360. The second-order valence-electron chi connectivity index (χ2n) is 7.14. The number of rotatable bonds is 3. The van der Waals surface area contributed by atoms with Crippen molar-refractivity contribution in [2.45, 2.75) is 6.92 Å². The van der Waals surface area contributed by atoms with Gasteiger partial charge < -0.3 is 13.6 Å². The zero-order chi connectivity index (χ0) is 21.5. The Bertz CT molecular complexity index is 1480. The number of para-hydroxylation sites is 1. The molecule has 0 aliphatic carbocycles. The molecule has 0 saturated heterocycles. The highest BCUT2D eigenvalue weighted by Gasteiger charge is 2.17. The number of esters is 1. The number of halogens is 1. The number of hydrogen-bond acceptors (Lipinski definition) is 5. The lowest BCUT2D eigenvalue weighted by Gasteiger charge is -2.10. The van der Waals surface area contributed by atoms with Crippen molar-refractivity contribution < 1.29 is 18.4 Å². The molecule has 0 N–H and O–H groups in total. The van der Waals surface area contributed by atoms with Gasteiger partial charge >= 0.3 is 11.6 Å². The summed E-state index contributed by atoms with van der Waals surface area (Å²) in [6.07, 6.45) is 0. The van der Waals surface area contributed by atoms with Gasteiger partial charge in [0, 0.05) is 27.4 Å². The second kappa shape index (κ2) is 7.45. The van der Waals surface area contributed by atoms with E-state index in [1.54, 1.807) is 43.3 Å². The molecule has 5 nitrogen and oxygen atoms in total. The highest BCUT2D eigenvalue weighted by atomic mass is 35.5. The van der Waals surface area contributed by atoms with Crippen LogP contribution in [0.3, 0.4) is 0 Å². The summed E-state index contributed by atoms with van der Waals surface area (Å²) in [5, 5.41) is 2.05. The van der Waals surface area contributed by atoms with E-state index in [1.165, 1.54) is 6.07 Å². The van der Waals surface area contributed by atoms with E-state index < -0.39 is 11.6 Å². The zero-order valence-electron chi connectivity index (χ0n) is 16.3. The number of carbonyl (C=O) groups is 1. The van der Waals surface area contributed by atoms with Crippen LogP contribution in [0, 0.1) is 6.92 Å². The molecule has 0 aliphatic rings. The molecule has 2 heterocycles. The third kappa shape index (κ3) is 3.60. The number of ether oxygens (including phenoxy) is 1. The number of fused-ring (bicyclic) bond motifs is 2. The van der Waals surface area contributed by atoms with Gasteiger partial charge in [-0.05, 0) is 61.0 Å². The van der Waals surface area contributed by atoms with Crippen molar-refractivity contribution >= 4 is 39.5 Å². The minimum Gasteiger partial charge on any atom is -0.456 e. The maximum absolute atomic E-state index is 12.6. The van der Waals surface area contributed by atoms with E-state index in [1.807, 2.05) is 30.3 Å². The van der Waals surface area contributed by atoms with Crippen LogP contribution in [0.25, 0.3) is 33.3 Å². The number of furan rings is 1. The molecular formula is C25H15ClO5. The Morgan fingerprint density at radius 3 is 2.45 bits per heavy atom. The maximum atomic E-state index is 12.6. The van der Waals surface area contributed by atoms with Crippen LogP contribution in [0.1, 0.15) is 15.9 Å². The minimum atomic E-state index is -0.512. The van der Waals surface area contributed by atoms with Gasteiger partial charge in [-0.2, -0.15) is 0 Å². The molecule has 152 valence electrons. The summed E-state index contributed by atoms with van der Waals surface area (Å²) in [7, 11) is 0. The largest absolute Gasteiger partial charge is 0.456 e. The molecular weight excluding hydrogens is 416 g/mol. The lowest BCUT2D eigenvalue weighted by molar-refractivity contribution is 0.0733. The number of carbonyl (C=O) groups excluding carboxylic acids is 1. The fourth-order valence-electron chi connectivity index (χ4n) is 3.46. The van der Waals surface area contributed by atoms with Crippen LogP contribution in [0.15, 0.2) is 86.4 Å². The Balaban J connectivity index is 1.62. The Morgan fingerprint density at radius 1 is 0.903 bits per heavy atom. The molecule has 0 amide bonds. The van der Waals surface area contributed by atoms with E-state index in [9.17, 15) is 9.59 Å². The lowest BCUT2D eigenvalue weighted by atomic mass is 10.0. The van der Waals surface area contributed by atoms with Crippen molar-refractivity contribution in [1.29, 1.82) is 0 Å². The number of hydrogen-bond donors (Lipinski definition) is 0. The Kier molecular flexibility index (Phi) is 4.60. The molecule has 6 heteroatoms. The van der Waals surface area contributed by atoms with Crippen LogP contribution in [-0.4, -0.2) is 5.97 Å². The third-order valence-electron chi connectivity index (χ3n) is 5.01. The highest BCUT2D eigenvalue weighted by molar-refractivity contribution is 6.30. The average molecular weight is 431 g/mol. The van der Waals surface area contributed by atoms with Crippen LogP contribution in [0.5, 0.6) is 5.75 Å². The maximum Gasteiger partial charge on any atom is 0.343 e. The third-order valence-corrected chi connectivity index (χ3v) is 5.27. The summed E-state index contributed by atoms with van der Waals surface area (Å²) < 4.78 is 17.0. The second-order valence-corrected chi connectivity index (χ2v) is 7.57. The Morgan fingerprint density at radius 2 is 1.68 bits per heavy atom. The van der Waals surface area contributed by atoms with Crippen LogP contribution < -0.4 is 10.4 Å². The van der Waals surface area contributed by atoms with Gasteiger partial charge in [-0.15, -0.1) is 0 Å². The summed E-state index contributed by atoms with van der Waals surface area (Å²) in [6, 6.07) is 20.6. The first kappa shape index (κ1) is 19.2. The standard InChI is InChI=1S/C25H15ClO5/c1-14-10-22-18(12-21(14)31-25(28)15-6-8-17(26)9-7-15)19(13-24(27)30-22)23-11-16-4-2-3-5-20(16)29-23/h2-13H,1H3. The summed E-state index contributed by atoms with van der Waals surface area (Å²) >= 11 is 5.89. The van der Waals surface area contributed by atoms with Crippen molar-refractivity contribution in [3.8, 4) is 17.1 Å². The Hall–Kier alpha value is -3.83. The van der Waals surface area contributed by atoms with Crippen LogP contribution >= 0.6 is 11.6 Å². The predicted molar refractivity (Wildman–Crippen MR) is 119 cm³/mol. The van der Waals surface area contributed by atoms with Crippen molar-refractivity contribution in [3.63, 3.8) is 0 Å². The van der Waals surface area contributed by atoms with E-state index in [-0.39, 0.29) is 0 Å². The molecule has 3 aromatic carbocycles. The molecule has 0 atom stereocenters. The smallest absolute Gasteiger partial charge is 0.343 e. The van der Waals surface area contributed by atoms with Crippen molar-refractivity contribution in [3.05, 3.63) is 99.4 Å². The molecule has 0 saturated carbocycles. The normalized spacial score (nSPS) is 11.2. The molecule has 0 unspecified atom stereocenters. The molecule has 31 heavy (non-hydrogen) atoms. The van der Waals surface area contributed by atoms with Gasteiger partial charge in [0.1, 0.15) is 22.7 Å². The van der Waals surface area contributed by atoms with Gasteiger partial charge in [0.15, 0.2) is 0 Å². The average Bonchev–Trinajstić information content (AvgIpc) is 3.18. The van der Waals surface area contributed by atoms with Gasteiger partial charge in [-0.3, -0.25) is 0 Å². The molecule has 0 bridgehead atoms. The molecule has 5 aromatic rings. The molecule has 0 fully saturated rings. The first-order valence-electron chi connectivity index (χ1n) is 9.53. The fourth-order valence-corrected chi connectivity index (χ4v) is 3.59. The highest BCUT2D eigenvalue weighted by Crippen LogP contribution is 2.35. The quantitative estimate of drug-likeness (QED) is 0.188. The van der Waals surface area contributed by atoms with Gasteiger partial charge in [-0.25, -0.2) is 9.59 Å². The molecule has 0 radical (unpaired) electrons. The van der Waals surface area contributed by atoms with Gasteiger partial charge in [0.2, 0.25) is 0 Å². The van der Waals surface area contributed by atoms with Crippen LogP contribution in [-0.2, 0) is 0 Å². The summed E-state index contributed by atoms with van der Waals surface area (Å²) in [4.78, 5) is 24.8. The summed E-state index contributed by atoms with van der Waals surface area (Å²) in [6.45, 7) is 1.78. The van der Waals surface area contributed by atoms with E-state index >= 15 is 0 Å². The zero-order valence-corrected chi connectivity index (χ0v) is 17.1. The van der Waals surface area contributed by atoms with E-state index in [0.29, 0.717) is 49.8 Å². The monoisotopic (exact) mass is 430 g/mol. The van der Waals surface area contributed by atoms with Gasteiger partial charge in [-0.1, -0.05) is 29.8 Å². The molecule has 0 spiro atoms. The Labute approximate surface area is 181 Å². The first-order valence-corrected chi connectivity index (χ1v) is 9.91. The van der Waals surface area contributed by atoms with Crippen molar-refractivity contribution in [2.24, 2.45) is 0 Å². The summed E-state index contributed by atoms with van der Waals surface area (Å²) in [5.74, 6) is 0.373. The molecule has 5 rings (SSSR count). The number of benzene rings is 3. The van der Waals surface area contributed by atoms with Crippen LogP contribution in [0.4, 0.5) is 0 Å². The molecule has 0 aliphatic heterocycles. The SMILES string of the molecule is Cc1cc2oc(=O)cc(-c3cc4ccccc4o3)c2cc1OC(=O)c1ccc(Cl)cc1. The van der Waals surface area contributed by atoms with Gasteiger partial charge in [0.05, 0.1) is 5.56 Å². The van der Waals surface area contributed by atoms with Gasteiger partial charge in [0.25, 0.3) is 0 Å². The number of aryl methyl sites for hydroxylation is 1. The first-order chi connectivity index (χ1) is 15.0. The van der Waals surface area contributed by atoms with Crippen molar-refractivity contribution in [1.82, 2.24) is 0 Å².